The second-order valence-corrected chi connectivity index (χ2v) is 5.43. The molecule has 17 heavy (non-hydrogen) atoms. The van der Waals surface area contributed by atoms with Crippen LogP contribution in [0.3, 0.4) is 0 Å². The van der Waals surface area contributed by atoms with Crippen molar-refractivity contribution in [2.75, 3.05) is 13.1 Å². The van der Waals surface area contributed by atoms with Crippen LogP contribution in [0.4, 0.5) is 0 Å². The molecule has 1 aromatic rings. The fourth-order valence-corrected chi connectivity index (χ4v) is 2.98. The second-order valence-electron chi connectivity index (χ2n) is 4.26. The molecule has 1 fully saturated rings. The highest BCUT2D eigenvalue weighted by Gasteiger charge is 2.12. The number of hydrogen-bond donors (Lipinski definition) is 1. The number of nitrogens with zero attached hydrogens (tertiary/aromatic N) is 1. The molecule has 0 radical (unpaired) electrons. The van der Waals surface area contributed by atoms with Gasteiger partial charge in [0.2, 0.25) is 0 Å². The van der Waals surface area contributed by atoms with E-state index in [1.807, 2.05) is 6.07 Å². The maximum Gasteiger partial charge on any atom is 0.345 e. The summed E-state index contributed by atoms with van der Waals surface area (Å²) in [7, 11) is 0. The first kappa shape index (κ1) is 14.5. The Hall–Kier alpha value is -0.580. The first-order chi connectivity index (χ1) is 7.75. The third-order valence-electron chi connectivity index (χ3n) is 2.95. The van der Waals surface area contributed by atoms with Crippen molar-refractivity contribution in [3.8, 4) is 0 Å². The Morgan fingerprint density at radius 1 is 1.24 bits per heavy atom. The molecule has 1 saturated heterocycles. The number of hydrogen-bond acceptors (Lipinski definition) is 3. The van der Waals surface area contributed by atoms with Crippen LogP contribution < -0.4 is 0 Å². The largest absolute Gasteiger partial charge is 0.477 e. The Morgan fingerprint density at radius 2 is 1.88 bits per heavy atom. The van der Waals surface area contributed by atoms with Gasteiger partial charge in [0.05, 0.1) is 0 Å². The second kappa shape index (κ2) is 6.99. The smallest absolute Gasteiger partial charge is 0.345 e. The third-order valence-corrected chi connectivity index (χ3v) is 4.01. The number of thiophene rings is 1. The highest BCUT2D eigenvalue weighted by molar-refractivity contribution is 7.13. The Kier molecular flexibility index (Phi) is 5.95. The first-order valence-electron chi connectivity index (χ1n) is 5.80. The van der Waals surface area contributed by atoms with Gasteiger partial charge in [-0.1, -0.05) is 12.8 Å². The van der Waals surface area contributed by atoms with E-state index in [0.717, 1.165) is 19.6 Å². The molecule has 0 atom stereocenters. The maximum atomic E-state index is 10.8. The summed E-state index contributed by atoms with van der Waals surface area (Å²) in [5.41, 5.74) is 0. The van der Waals surface area contributed by atoms with Gasteiger partial charge in [-0.3, -0.25) is 4.90 Å². The maximum absolute atomic E-state index is 10.8. The van der Waals surface area contributed by atoms with Crippen LogP contribution >= 0.6 is 23.7 Å². The summed E-state index contributed by atoms with van der Waals surface area (Å²) in [4.78, 5) is 14.8. The van der Waals surface area contributed by atoms with Crippen molar-refractivity contribution in [3.63, 3.8) is 0 Å². The van der Waals surface area contributed by atoms with Gasteiger partial charge in [-0.2, -0.15) is 0 Å². The van der Waals surface area contributed by atoms with E-state index in [-0.39, 0.29) is 12.4 Å². The molecule has 0 unspecified atom stereocenters. The number of aromatic carboxylic acids is 1. The van der Waals surface area contributed by atoms with Crippen LogP contribution in [0.1, 0.15) is 40.2 Å². The van der Waals surface area contributed by atoms with E-state index >= 15 is 0 Å². The van der Waals surface area contributed by atoms with Crippen LogP contribution in [0, 0.1) is 0 Å². The molecule has 1 N–H and O–H groups in total. The monoisotopic (exact) mass is 275 g/mol. The average Bonchev–Trinajstić information content (AvgIpc) is 2.56. The molecule has 96 valence electrons. The quantitative estimate of drug-likeness (QED) is 0.921. The molecule has 1 aliphatic rings. The summed E-state index contributed by atoms with van der Waals surface area (Å²) >= 11 is 1.40. The van der Waals surface area contributed by atoms with Gasteiger partial charge in [0.1, 0.15) is 4.88 Å². The van der Waals surface area contributed by atoms with Gasteiger partial charge in [0, 0.05) is 11.4 Å². The third kappa shape index (κ3) is 4.30. The van der Waals surface area contributed by atoms with Gasteiger partial charge < -0.3 is 5.11 Å². The normalized spacial score (nSPS) is 17.2. The molecular weight excluding hydrogens is 258 g/mol. The van der Waals surface area contributed by atoms with Crippen LogP contribution in [-0.4, -0.2) is 29.1 Å². The van der Waals surface area contributed by atoms with Crippen molar-refractivity contribution in [1.29, 1.82) is 0 Å². The average molecular weight is 276 g/mol. The molecule has 0 bridgehead atoms. The molecule has 0 amide bonds. The number of carboxylic acid groups (broad SMARTS) is 1. The zero-order chi connectivity index (χ0) is 11.4. The van der Waals surface area contributed by atoms with Gasteiger partial charge in [-0.05, 0) is 38.1 Å². The number of likely N-dealkylation sites (tertiary alicyclic amines) is 1. The fourth-order valence-electron chi connectivity index (χ4n) is 2.09. The lowest BCUT2D eigenvalue weighted by Gasteiger charge is -2.18. The van der Waals surface area contributed by atoms with E-state index in [0.29, 0.717) is 4.88 Å². The summed E-state index contributed by atoms with van der Waals surface area (Å²) in [6, 6.07) is 3.65. The van der Waals surface area contributed by atoms with Crippen LogP contribution in [0.5, 0.6) is 0 Å². The molecule has 5 heteroatoms. The molecular formula is C12H18ClNO2S. The Bertz CT molecular complexity index is 359. The van der Waals surface area contributed by atoms with E-state index in [2.05, 4.69) is 4.90 Å². The number of halogens is 1. The molecule has 1 aliphatic heterocycles. The number of rotatable bonds is 3. The molecule has 0 aromatic carbocycles. The van der Waals surface area contributed by atoms with Crippen molar-refractivity contribution in [2.24, 2.45) is 0 Å². The van der Waals surface area contributed by atoms with Gasteiger partial charge in [-0.15, -0.1) is 23.7 Å². The van der Waals surface area contributed by atoms with E-state index in [1.54, 1.807) is 6.07 Å². The Morgan fingerprint density at radius 3 is 2.41 bits per heavy atom. The van der Waals surface area contributed by atoms with Crippen molar-refractivity contribution in [1.82, 2.24) is 4.90 Å². The number of carboxylic acids is 1. The predicted molar refractivity (Wildman–Crippen MR) is 72.3 cm³/mol. The van der Waals surface area contributed by atoms with Crippen LogP contribution in [0.2, 0.25) is 0 Å². The lowest BCUT2D eigenvalue weighted by molar-refractivity contribution is 0.0702. The fraction of sp³-hybridized carbons (Fsp3) is 0.583. The molecule has 2 rings (SSSR count). The van der Waals surface area contributed by atoms with Gasteiger partial charge in [-0.25, -0.2) is 4.79 Å². The molecule has 0 saturated carbocycles. The first-order valence-corrected chi connectivity index (χ1v) is 6.62. The lowest BCUT2D eigenvalue weighted by atomic mass is 10.2. The van der Waals surface area contributed by atoms with E-state index in [4.69, 9.17) is 5.11 Å². The van der Waals surface area contributed by atoms with E-state index in [9.17, 15) is 4.79 Å². The van der Waals surface area contributed by atoms with E-state index in [1.165, 1.54) is 41.9 Å². The molecule has 0 aliphatic carbocycles. The van der Waals surface area contributed by atoms with Crippen molar-refractivity contribution < 1.29 is 9.90 Å². The minimum atomic E-state index is -0.813. The van der Waals surface area contributed by atoms with Gasteiger partial charge >= 0.3 is 5.97 Å². The SMILES string of the molecule is Cl.O=C(O)c1ccc(CN2CCCCCC2)s1. The zero-order valence-electron chi connectivity index (χ0n) is 9.72. The summed E-state index contributed by atoms with van der Waals surface area (Å²) in [5, 5.41) is 8.85. The lowest BCUT2D eigenvalue weighted by Crippen LogP contribution is -2.23. The molecule has 0 spiro atoms. The Labute approximate surface area is 112 Å². The predicted octanol–water partition coefficient (Wildman–Crippen LogP) is 3.24. The minimum absolute atomic E-state index is 0. The summed E-state index contributed by atoms with van der Waals surface area (Å²) in [5.74, 6) is -0.813. The van der Waals surface area contributed by atoms with Crippen molar-refractivity contribution in [3.05, 3.63) is 21.9 Å². The van der Waals surface area contributed by atoms with Gasteiger partial charge in [0.15, 0.2) is 0 Å². The minimum Gasteiger partial charge on any atom is -0.477 e. The van der Waals surface area contributed by atoms with Crippen LogP contribution in [-0.2, 0) is 6.54 Å². The van der Waals surface area contributed by atoms with Crippen LogP contribution in [0.15, 0.2) is 12.1 Å². The highest BCUT2D eigenvalue weighted by Crippen LogP contribution is 2.20. The van der Waals surface area contributed by atoms with Crippen molar-refractivity contribution in [2.45, 2.75) is 32.2 Å². The summed E-state index contributed by atoms with van der Waals surface area (Å²) in [6.07, 6.45) is 5.22. The molecule has 1 aromatic heterocycles. The van der Waals surface area contributed by atoms with Crippen LogP contribution in [0.25, 0.3) is 0 Å². The standard InChI is InChI=1S/C12H17NO2S.ClH/c14-12(15)11-6-5-10(16-11)9-13-7-3-1-2-4-8-13;/h5-6H,1-4,7-9H2,(H,14,15);1H. The Balaban J connectivity index is 0.00000144. The molecule has 2 heterocycles. The van der Waals surface area contributed by atoms with Crippen molar-refractivity contribution >= 4 is 29.7 Å². The summed E-state index contributed by atoms with van der Waals surface area (Å²) in [6.45, 7) is 3.22. The van der Waals surface area contributed by atoms with Gasteiger partial charge in [0.25, 0.3) is 0 Å². The highest BCUT2D eigenvalue weighted by atomic mass is 35.5. The number of carbonyl (C=O) groups is 1. The topological polar surface area (TPSA) is 40.5 Å². The van der Waals surface area contributed by atoms with E-state index < -0.39 is 5.97 Å². The zero-order valence-corrected chi connectivity index (χ0v) is 11.4. The summed E-state index contributed by atoms with van der Waals surface area (Å²) < 4.78 is 0. The molecule has 3 nitrogen and oxygen atoms in total.